The van der Waals surface area contributed by atoms with Crippen LogP contribution in [-0.4, -0.2) is 0 Å². The van der Waals surface area contributed by atoms with E-state index in [-0.39, 0.29) is 5.41 Å². The van der Waals surface area contributed by atoms with Crippen molar-refractivity contribution in [3.63, 3.8) is 0 Å². The third-order valence-electron chi connectivity index (χ3n) is 10.8. The molecule has 0 radical (unpaired) electrons. The van der Waals surface area contributed by atoms with Gasteiger partial charge in [-0.05, 0) is 98.2 Å². The van der Waals surface area contributed by atoms with Crippen molar-refractivity contribution in [3.8, 4) is 33.4 Å². The predicted octanol–water partition coefficient (Wildman–Crippen LogP) is 13.8. The standard InChI is InChI=1S/C49H35NO/c1-49(2)42-21-10-8-19-39(42)40-26-25-38(31-43(40)49)50(37-18-12-17-35(30-37)32-13-4-3-5-14-32)44-27-28-46-48(41-20-9-11-22-45(41)51-46)47(44)36-24-23-33-15-6-7-16-34(33)29-36/h3-31H,1-2H3. The molecule has 0 fully saturated rings. The molecule has 10 rings (SSSR count). The number of para-hydroxylation sites is 1. The average molecular weight is 654 g/mol. The third-order valence-corrected chi connectivity index (χ3v) is 10.8. The van der Waals surface area contributed by atoms with Crippen molar-refractivity contribution in [2.24, 2.45) is 0 Å². The Labute approximate surface area is 297 Å². The second kappa shape index (κ2) is 11.3. The Morgan fingerprint density at radius 1 is 0.451 bits per heavy atom. The molecule has 9 aromatic rings. The summed E-state index contributed by atoms with van der Waals surface area (Å²) in [5.74, 6) is 0. The van der Waals surface area contributed by atoms with Gasteiger partial charge in [0.15, 0.2) is 0 Å². The number of anilines is 3. The Hall–Kier alpha value is -6.38. The normalized spacial score (nSPS) is 13.1. The molecule has 1 aliphatic rings. The SMILES string of the molecule is CC1(C)c2ccccc2-c2ccc(N(c3cccc(-c4ccccc4)c3)c3ccc4oc5ccccc5c4c3-c3ccc4ccccc4c3)cc21. The van der Waals surface area contributed by atoms with Gasteiger partial charge in [0.05, 0.1) is 5.69 Å². The summed E-state index contributed by atoms with van der Waals surface area (Å²) in [6, 6.07) is 63.8. The van der Waals surface area contributed by atoms with Gasteiger partial charge in [0, 0.05) is 33.1 Å². The van der Waals surface area contributed by atoms with Gasteiger partial charge in [-0.1, -0.05) is 141 Å². The van der Waals surface area contributed by atoms with Gasteiger partial charge >= 0.3 is 0 Å². The highest BCUT2D eigenvalue weighted by Gasteiger charge is 2.36. The van der Waals surface area contributed by atoms with E-state index in [1.165, 1.54) is 44.2 Å². The zero-order valence-corrected chi connectivity index (χ0v) is 28.6. The largest absolute Gasteiger partial charge is 0.456 e. The molecule has 0 atom stereocenters. The second-order valence-electron chi connectivity index (χ2n) is 14.1. The van der Waals surface area contributed by atoms with E-state index < -0.39 is 0 Å². The summed E-state index contributed by atoms with van der Waals surface area (Å²) < 4.78 is 6.53. The van der Waals surface area contributed by atoms with Crippen LogP contribution in [0.4, 0.5) is 17.1 Å². The number of hydrogen-bond acceptors (Lipinski definition) is 2. The minimum Gasteiger partial charge on any atom is -0.456 e. The molecule has 242 valence electrons. The molecule has 51 heavy (non-hydrogen) atoms. The quantitative estimate of drug-likeness (QED) is 0.184. The Bertz CT molecular complexity index is 2790. The lowest BCUT2D eigenvalue weighted by Crippen LogP contribution is -2.17. The summed E-state index contributed by atoms with van der Waals surface area (Å²) in [6.45, 7) is 4.71. The van der Waals surface area contributed by atoms with E-state index >= 15 is 0 Å². The van der Waals surface area contributed by atoms with Gasteiger partial charge in [-0.25, -0.2) is 0 Å². The Morgan fingerprint density at radius 3 is 2.08 bits per heavy atom. The maximum absolute atomic E-state index is 6.53. The predicted molar refractivity (Wildman–Crippen MR) is 214 cm³/mol. The lowest BCUT2D eigenvalue weighted by atomic mass is 9.82. The fourth-order valence-electron chi connectivity index (χ4n) is 8.34. The van der Waals surface area contributed by atoms with Crippen LogP contribution in [0.2, 0.25) is 0 Å². The van der Waals surface area contributed by atoms with Crippen LogP contribution in [0, 0.1) is 0 Å². The number of fused-ring (bicyclic) bond motifs is 7. The molecular weight excluding hydrogens is 619 g/mol. The van der Waals surface area contributed by atoms with E-state index in [0.29, 0.717) is 0 Å². The first kappa shape index (κ1) is 29.5. The monoisotopic (exact) mass is 653 g/mol. The smallest absolute Gasteiger partial charge is 0.136 e. The first-order chi connectivity index (χ1) is 25.0. The van der Waals surface area contributed by atoms with Crippen molar-refractivity contribution < 1.29 is 4.42 Å². The number of hydrogen-bond donors (Lipinski definition) is 0. The highest BCUT2D eigenvalue weighted by molar-refractivity contribution is 6.17. The summed E-state index contributed by atoms with van der Waals surface area (Å²) in [6.07, 6.45) is 0. The minimum atomic E-state index is -0.134. The molecule has 1 aromatic heterocycles. The van der Waals surface area contributed by atoms with Gasteiger partial charge in [0.2, 0.25) is 0 Å². The van der Waals surface area contributed by atoms with Gasteiger partial charge in [0.1, 0.15) is 11.2 Å². The molecule has 0 aliphatic heterocycles. The number of nitrogens with zero attached hydrogens (tertiary/aromatic N) is 1. The molecule has 0 spiro atoms. The fraction of sp³-hybridized carbons (Fsp3) is 0.0612. The Balaban J connectivity index is 1.29. The zero-order chi connectivity index (χ0) is 34.1. The van der Waals surface area contributed by atoms with Gasteiger partial charge in [0.25, 0.3) is 0 Å². The molecule has 0 unspecified atom stereocenters. The lowest BCUT2D eigenvalue weighted by Gasteiger charge is -2.30. The molecule has 2 nitrogen and oxygen atoms in total. The van der Waals surface area contributed by atoms with Crippen LogP contribution in [0.25, 0.3) is 66.1 Å². The molecule has 8 aromatic carbocycles. The Morgan fingerprint density at radius 2 is 1.18 bits per heavy atom. The fourth-order valence-corrected chi connectivity index (χ4v) is 8.34. The highest BCUT2D eigenvalue weighted by atomic mass is 16.3. The average Bonchev–Trinajstić information content (AvgIpc) is 3.67. The van der Waals surface area contributed by atoms with E-state index in [0.717, 1.165) is 50.1 Å². The van der Waals surface area contributed by atoms with Crippen LogP contribution in [0.1, 0.15) is 25.0 Å². The zero-order valence-electron chi connectivity index (χ0n) is 28.6. The molecule has 0 amide bonds. The van der Waals surface area contributed by atoms with Crippen LogP contribution in [0.5, 0.6) is 0 Å². The van der Waals surface area contributed by atoms with Crippen molar-refractivity contribution in [1.82, 2.24) is 0 Å². The van der Waals surface area contributed by atoms with E-state index in [2.05, 4.69) is 189 Å². The maximum Gasteiger partial charge on any atom is 0.136 e. The molecule has 0 saturated carbocycles. The van der Waals surface area contributed by atoms with E-state index in [1.807, 2.05) is 6.07 Å². The molecule has 1 aliphatic carbocycles. The van der Waals surface area contributed by atoms with Crippen molar-refractivity contribution in [2.45, 2.75) is 19.3 Å². The summed E-state index contributed by atoms with van der Waals surface area (Å²) >= 11 is 0. The molecule has 1 heterocycles. The van der Waals surface area contributed by atoms with E-state index in [9.17, 15) is 0 Å². The van der Waals surface area contributed by atoms with Gasteiger partial charge in [-0.15, -0.1) is 0 Å². The number of rotatable bonds is 5. The molecule has 0 N–H and O–H groups in total. The van der Waals surface area contributed by atoms with Crippen molar-refractivity contribution in [1.29, 1.82) is 0 Å². The summed E-state index contributed by atoms with van der Waals surface area (Å²) in [7, 11) is 0. The van der Waals surface area contributed by atoms with Gasteiger partial charge < -0.3 is 9.32 Å². The summed E-state index contributed by atoms with van der Waals surface area (Å²) in [4.78, 5) is 2.46. The van der Waals surface area contributed by atoms with Crippen LogP contribution in [0.15, 0.2) is 180 Å². The molecular formula is C49H35NO. The topological polar surface area (TPSA) is 16.4 Å². The maximum atomic E-state index is 6.53. The van der Waals surface area contributed by atoms with Crippen LogP contribution in [0.3, 0.4) is 0 Å². The van der Waals surface area contributed by atoms with Gasteiger partial charge in [-0.2, -0.15) is 0 Å². The molecule has 0 saturated heterocycles. The lowest BCUT2D eigenvalue weighted by molar-refractivity contribution is 0.660. The molecule has 2 heteroatoms. The number of furan rings is 1. The van der Waals surface area contributed by atoms with Crippen LogP contribution in [-0.2, 0) is 5.41 Å². The first-order valence-corrected chi connectivity index (χ1v) is 17.7. The van der Waals surface area contributed by atoms with Crippen molar-refractivity contribution in [3.05, 3.63) is 187 Å². The summed E-state index contributed by atoms with van der Waals surface area (Å²) in [5, 5.41) is 4.66. The summed E-state index contributed by atoms with van der Waals surface area (Å²) in [5.41, 5.74) is 15.0. The van der Waals surface area contributed by atoms with E-state index in [1.54, 1.807) is 0 Å². The second-order valence-corrected chi connectivity index (χ2v) is 14.1. The number of benzene rings is 8. The van der Waals surface area contributed by atoms with Gasteiger partial charge in [-0.3, -0.25) is 0 Å². The third kappa shape index (κ3) is 4.64. The Kier molecular flexibility index (Phi) is 6.56. The van der Waals surface area contributed by atoms with Crippen molar-refractivity contribution in [2.75, 3.05) is 4.90 Å². The minimum absolute atomic E-state index is 0.134. The van der Waals surface area contributed by atoms with Crippen LogP contribution < -0.4 is 4.90 Å². The highest BCUT2D eigenvalue weighted by Crippen LogP contribution is 2.52. The van der Waals surface area contributed by atoms with Crippen molar-refractivity contribution >= 4 is 49.8 Å². The molecule has 0 bridgehead atoms. The van der Waals surface area contributed by atoms with E-state index in [4.69, 9.17) is 4.42 Å². The first-order valence-electron chi connectivity index (χ1n) is 17.7. The van der Waals surface area contributed by atoms with Crippen LogP contribution >= 0.6 is 0 Å².